The van der Waals surface area contributed by atoms with Crippen molar-refractivity contribution >= 4 is 21.5 Å². The Hall–Kier alpha value is -5.15. The summed E-state index contributed by atoms with van der Waals surface area (Å²) < 4.78 is 38.8. The fraction of sp³-hybridized carbons (Fsp3) is 0.0256. The van der Waals surface area contributed by atoms with E-state index in [1.807, 2.05) is 24.3 Å². The van der Waals surface area contributed by atoms with E-state index in [0.29, 0.717) is 0 Å². The predicted molar refractivity (Wildman–Crippen MR) is 168 cm³/mol. The van der Waals surface area contributed by atoms with Crippen molar-refractivity contribution in [2.45, 2.75) is 6.18 Å². The molecule has 202 valence electrons. The molecule has 7 aromatic rings. The maximum Gasteiger partial charge on any atom is 0.416 e. The monoisotopic (exact) mass is 550 g/mol. The van der Waals surface area contributed by atoms with E-state index in [1.165, 1.54) is 34.0 Å². The standard InChI is InChI=1S/C39H25F3/c40-39(41,42)36-22-20-27(21-23-36)26-8-10-28(11-9-26)33-18-14-30-15-19-34(25-35(30)24-33)29-12-16-32(17-13-29)38-7-3-5-31-4-1-2-6-37(31)38/h1-25H. The lowest BCUT2D eigenvalue weighted by molar-refractivity contribution is -0.137. The first-order valence-electron chi connectivity index (χ1n) is 13.8. The summed E-state index contributed by atoms with van der Waals surface area (Å²) in [7, 11) is 0. The Kier molecular flexibility index (Phi) is 6.36. The second kappa shape index (κ2) is 10.4. The molecule has 7 rings (SSSR count). The Labute approximate surface area is 242 Å². The summed E-state index contributed by atoms with van der Waals surface area (Å²) in [5, 5.41) is 4.79. The summed E-state index contributed by atoms with van der Waals surface area (Å²) in [6.45, 7) is 0. The lowest BCUT2D eigenvalue weighted by Crippen LogP contribution is -2.03. The third kappa shape index (κ3) is 4.95. The quantitative estimate of drug-likeness (QED) is 0.204. The Balaban J connectivity index is 1.16. The molecule has 0 radical (unpaired) electrons. The van der Waals surface area contributed by atoms with E-state index in [9.17, 15) is 13.2 Å². The number of halogens is 3. The molecule has 0 aliphatic heterocycles. The maximum absolute atomic E-state index is 12.9. The fourth-order valence-corrected chi connectivity index (χ4v) is 5.63. The molecule has 7 aromatic carbocycles. The summed E-state index contributed by atoms with van der Waals surface area (Å²) in [5.74, 6) is 0. The van der Waals surface area contributed by atoms with Gasteiger partial charge in [-0.1, -0.05) is 127 Å². The molecule has 0 N–H and O–H groups in total. The van der Waals surface area contributed by atoms with Crippen LogP contribution in [0.4, 0.5) is 13.2 Å². The average Bonchev–Trinajstić information content (AvgIpc) is 3.04. The van der Waals surface area contributed by atoms with Crippen molar-refractivity contribution in [1.82, 2.24) is 0 Å². The summed E-state index contributed by atoms with van der Waals surface area (Å²) in [6.07, 6.45) is -4.33. The van der Waals surface area contributed by atoms with Crippen LogP contribution in [0.3, 0.4) is 0 Å². The van der Waals surface area contributed by atoms with Gasteiger partial charge in [0, 0.05) is 0 Å². The molecule has 42 heavy (non-hydrogen) atoms. The van der Waals surface area contributed by atoms with Crippen molar-refractivity contribution in [2.24, 2.45) is 0 Å². The summed E-state index contributed by atoms with van der Waals surface area (Å²) in [5.41, 5.74) is 7.87. The van der Waals surface area contributed by atoms with Crippen LogP contribution in [0.1, 0.15) is 5.56 Å². The van der Waals surface area contributed by atoms with Crippen LogP contribution in [0.25, 0.3) is 66.1 Å². The van der Waals surface area contributed by atoms with Crippen molar-refractivity contribution in [1.29, 1.82) is 0 Å². The highest BCUT2D eigenvalue weighted by molar-refractivity contribution is 5.97. The van der Waals surface area contributed by atoms with Gasteiger partial charge in [-0.3, -0.25) is 0 Å². The van der Waals surface area contributed by atoms with Gasteiger partial charge in [0.2, 0.25) is 0 Å². The molecule has 0 aliphatic rings. The first-order valence-corrected chi connectivity index (χ1v) is 13.8. The third-order valence-corrected chi connectivity index (χ3v) is 7.92. The van der Waals surface area contributed by atoms with Crippen molar-refractivity contribution in [2.75, 3.05) is 0 Å². The molecule has 0 spiro atoms. The molecule has 3 heteroatoms. The SMILES string of the molecule is FC(F)(F)c1ccc(-c2ccc(-c3ccc4ccc(-c5ccc(-c6cccc7ccccc67)cc5)cc4c3)cc2)cc1. The van der Waals surface area contributed by atoms with E-state index < -0.39 is 11.7 Å². The molecule has 0 unspecified atom stereocenters. The largest absolute Gasteiger partial charge is 0.416 e. The van der Waals surface area contributed by atoms with Gasteiger partial charge in [0.25, 0.3) is 0 Å². The summed E-state index contributed by atoms with van der Waals surface area (Å²) in [6, 6.07) is 49.8. The van der Waals surface area contributed by atoms with Gasteiger partial charge in [-0.25, -0.2) is 0 Å². The molecular weight excluding hydrogens is 525 g/mol. The minimum absolute atomic E-state index is 0.640. The van der Waals surface area contributed by atoms with E-state index >= 15 is 0 Å². The summed E-state index contributed by atoms with van der Waals surface area (Å²) in [4.78, 5) is 0. The minimum atomic E-state index is -4.33. The first kappa shape index (κ1) is 25.8. The predicted octanol–water partition coefficient (Wildman–Crippen LogP) is 11.7. The second-order valence-electron chi connectivity index (χ2n) is 10.5. The lowest BCUT2D eigenvalue weighted by atomic mass is 9.94. The fourth-order valence-electron chi connectivity index (χ4n) is 5.63. The smallest absolute Gasteiger partial charge is 0.166 e. The van der Waals surface area contributed by atoms with Crippen LogP contribution in [0.5, 0.6) is 0 Å². The van der Waals surface area contributed by atoms with Crippen molar-refractivity contribution < 1.29 is 13.2 Å². The van der Waals surface area contributed by atoms with Gasteiger partial charge in [-0.2, -0.15) is 13.2 Å². The number of hydrogen-bond acceptors (Lipinski definition) is 0. The topological polar surface area (TPSA) is 0 Å². The Morgan fingerprint density at radius 2 is 0.786 bits per heavy atom. The van der Waals surface area contributed by atoms with Crippen LogP contribution >= 0.6 is 0 Å². The van der Waals surface area contributed by atoms with Crippen LogP contribution < -0.4 is 0 Å². The molecule has 0 aliphatic carbocycles. The van der Waals surface area contributed by atoms with E-state index in [2.05, 4.69) is 103 Å². The van der Waals surface area contributed by atoms with Gasteiger partial charge in [-0.05, 0) is 90.3 Å². The normalized spacial score (nSPS) is 11.7. The molecule has 0 amide bonds. The molecule has 0 atom stereocenters. The van der Waals surface area contributed by atoms with Gasteiger partial charge in [0.05, 0.1) is 5.56 Å². The molecule has 0 fully saturated rings. The third-order valence-electron chi connectivity index (χ3n) is 7.92. The van der Waals surface area contributed by atoms with Crippen molar-refractivity contribution in [3.8, 4) is 44.5 Å². The average molecular weight is 551 g/mol. The zero-order chi connectivity index (χ0) is 28.7. The van der Waals surface area contributed by atoms with Crippen LogP contribution in [0, 0.1) is 0 Å². The van der Waals surface area contributed by atoms with Gasteiger partial charge >= 0.3 is 6.18 Å². The highest BCUT2D eigenvalue weighted by atomic mass is 19.4. The molecule has 0 saturated heterocycles. The number of hydrogen-bond donors (Lipinski definition) is 0. The van der Waals surface area contributed by atoms with Crippen LogP contribution in [0.2, 0.25) is 0 Å². The van der Waals surface area contributed by atoms with E-state index in [0.717, 1.165) is 56.3 Å². The highest BCUT2D eigenvalue weighted by Crippen LogP contribution is 2.34. The maximum atomic E-state index is 12.9. The van der Waals surface area contributed by atoms with Gasteiger partial charge < -0.3 is 0 Å². The zero-order valence-electron chi connectivity index (χ0n) is 22.6. The Morgan fingerprint density at radius 1 is 0.333 bits per heavy atom. The van der Waals surface area contributed by atoms with Gasteiger partial charge in [0.15, 0.2) is 0 Å². The lowest BCUT2D eigenvalue weighted by Gasteiger charge is -2.10. The minimum Gasteiger partial charge on any atom is -0.166 e. The van der Waals surface area contributed by atoms with E-state index in [-0.39, 0.29) is 0 Å². The molecule has 0 saturated carbocycles. The van der Waals surface area contributed by atoms with Gasteiger partial charge in [0.1, 0.15) is 0 Å². The van der Waals surface area contributed by atoms with E-state index in [1.54, 1.807) is 0 Å². The first-order chi connectivity index (χ1) is 20.4. The van der Waals surface area contributed by atoms with Crippen LogP contribution in [0.15, 0.2) is 152 Å². The molecule has 0 nitrogen and oxygen atoms in total. The molecule has 0 heterocycles. The number of alkyl halides is 3. The van der Waals surface area contributed by atoms with Crippen molar-refractivity contribution in [3.05, 3.63) is 157 Å². The molecular formula is C39H25F3. The molecule has 0 aromatic heterocycles. The summed E-state index contributed by atoms with van der Waals surface area (Å²) >= 11 is 0. The van der Waals surface area contributed by atoms with Crippen molar-refractivity contribution in [3.63, 3.8) is 0 Å². The molecule has 0 bridgehead atoms. The number of rotatable bonds is 4. The van der Waals surface area contributed by atoms with Gasteiger partial charge in [-0.15, -0.1) is 0 Å². The highest BCUT2D eigenvalue weighted by Gasteiger charge is 2.29. The van der Waals surface area contributed by atoms with Crippen LogP contribution in [-0.4, -0.2) is 0 Å². The number of benzene rings is 7. The second-order valence-corrected chi connectivity index (χ2v) is 10.5. The number of fused-ring (bicyclic) bond motifs is 2. The van der Waals surface area contributed by atoms with E-state index in [4.69, 9.17) is 0 Å². The Bertz CT molecular complexity index is 2030. The van der Waals surface area contributed by atoms with Crippen LogP contribution in [-0.2, 0) is 6.18 Å². The zero-order valence-corrected chi connectivity index (χ0v) is 22.6. The Morgan fingerprint density at radius 3 is 1.36 bits per heavy atom.